The fraction of sp³-hybridized carbons (Fsp3) is 0.833. The molecule has 0 spiro atoms. The van der Waals surface area contributed by atoms with Gasteiger partial charge in [0.25, 0.3) is 0 Å². The van der Waals surface area contributed by atoms with Crippen molar-refractivity contribution in [2.45, 2.75) is 18.4 Å². The minimum absolute atomic E-state index is 0.00218. The molecule has 0 saturated heterocycles. The van der Waals surface area contributed by atoms with E-state index in [1.807, 2.05) is 0 Å². The van der Waals surface area contributed by atoms with Gasteiger partial charge in [-0.2, -0.15) is 0 Å². The molecule has 19 heavy (non-hydrogen) atoms. The van der Waals surface area contributed by atoms with Gasteiger partial charge >= 0.3 is 0 Å². The average molecular weight is 263 g/mol. The highest BCUT2D eigenvalue weighted by Crippen LogP contribution is 2.80. The molecule has 0 bridgehead atoms. The van der Waals surface area contributed by atoms with E-state index in [-0.39, 0.29) is 46.3 Å². The molecule has 7 nitrogen and oxygen atoms in total. The van der Waals surface area contributed by atoms with Crippen LogP contribution in [0.4, 0.5) is 0 Å². The molecule has 0 unspecified atom stereocenters. The van der Waals surface area contributed by atoms with Crippen LogP contribution in [-0.4, -0.2) is 32.3 Å². The monoisotopic (exact) mass is 263 g/mol. The number of rotatable bonds is 1. The fourth-order valence-corrected chi connectivity index (χ4v) is 6.74. The van der Waals surface area contributed by atoms with Gasteiger partial charge in [0, 0.05) is 34.5 Å². The predicted molar refractivity (Wildman–Crippen MR) is 61.8 cm³/mol. The predicted octanol–water partition coefficient (Wildman–Crippen LogP) is 0.824. The molecule has 0 aromatic carbocycles. The maximum atomic E-state index is 11.8. The first-order valence-electron chi connectivity index (χ1n) is 6.76. The van der Waals surface area contributed by atoms with E-state index in [1.54, 1.807) is 0 Å². The van der Waals surface area contributed by atoms with Gasteiger partial charge in [-0.15, -0.1) is 0 Å². The second-order valence-electron chi connectivity index (χ2n) is 6.67. The molecule has 100 valence electrons. The molecule has 5 fully saturated rings. The highest BCUT2D eigenvalue weighted by Gasteiger charge is 2.92. The molecular weight excluding hydrogens is 250 g/mol. The Morgan fingerprint density at radius 2 is 1.74 bits per heavy atom. The number of hydrogen-bond acceptors (Lipinski definition) is 6. The molecule has 0 amide bonds. The summed E-state index contributed by atoms with van der Waals surface area (Å²) in [6.45, 7) is 0. The molecule has 0 aliphatic heterocycles. The van der Waals surface area contributed by atoms with E-state index in [0.717, 1.165) is 12.1 Å². The van der Waals surface area contributed by atoms with E-state index in [4.69, 9.17) is 0 Å². The average Bonchev–Trinajstić information content (AvgIpc) is 2.89. The van der Waals surface area contributed by atoms with Crippen molar-refractivity contribution in [3.63, 3.8) is 0 Å². The Kier molecular flexibility index (Phi) is 1.40. The maximum absolute atomic E-state index is 11.8. The minimum atomic E-state index is -0.928. The van der Waals surface area contributed by atoms with Crippen molar-refractivity contribution in [2.75, 3.05) is 0 Å². The van der Waals surface area contributed by atoms with E-state index in [2.05, 4.69) is 10.3 Å². The molecule has 5 rings (SSSR count). The van der Waals surface area contributed by atoms with Gasteiger partial charge in [-0.1, -0.05) is 10.3 Å². The largest absolute Gasteiger partial charge is 0.411 e. The second-order valence-corrected chi connectivity index (χ2v) is 6.67. The van der Waals surface area contributed by atoms with Gasteiger partial charge in [0.2, 0.25) is 5.54 Å². The van der Waals surface area contributed by atoms with Crippen molar-refractivity contribution in [1.29, 1.82) is 0 Å². The Bertz CT molecular complexity index is 576. The minimum Gasteiger partial charge on any atom is -0.411 e. The first-order valence-corrected chi connectivity index (χ1v) is 6.76. The SMILES string of the molecule is O=[N+]([O-])[C@@]12[C@H]3[C@@H]4[C@H]1[C@@H]1C[C@H]4C(=NO)[C@H]3C[C@@H]2/C1=N/O. The highest BCUT2D eigenvalue weighted by molar-refractivity contribution is 6.02. The van der Waals surface area contributed by atoms with Crippen molar-refractivity contribution < 1.29 is 15.3 Å². The molecule has 2 N–H and O–H groups in total. The zero-order valence-electron chi connectivity index (χ0n) is 10.0. The van der Waals surface area contributed by atoms with Crippen LogP contribution in [0.2, 0.25) is 0 Å². The van der Waals surface area contributed by atoms with Gasteiger partial charge in [-0.25, -0.2) is 0 Å². The summed E-state index contributed by atoms with van der Waals surface area (Å²) in [4.78, 5) is 11.6. The van der Waals surface area contributed by atoms with E-state index in [9.17, 15) is 20.5 Å². The van der Waals surface area contributed by atoms with Gasteiger partial charge in [0.1, 0.15) is 0 Å². The van der Waals surface area contributed by atoms with Gasteiger partial charge in [-0.3, -0.25) is 10.1 Å². The van der Waals surface area contributed by atoms with E-state index >= 15 is 0 Å². The molecule has 5 saturated carbocycles. The van der Waals surface area contributed by atoms with Gasteiger partial charge in [-0.05, 0) is 18.8 Å². The van der Waals surface area contributed by atoms with E-state index in [1.165, 1.54) is 0 Å². The Hall–Kier alpha value is -1.66. The van der Waals surface area contributed by atoms with Crippen LogP contribution in [-0.2, 0) is 0 Å². The first-order chi connectivity index (χ1) is 9.17. The smallest absolute Gasteiger partial charge is 0.237 e. The molecule has 0 aromatic rings. The van der Waals surface area contributed by atoms with Crippen LogP contribution in [0, 0.1) is 51.5 Å². The zero-order chi connectivity index (χ0) is 13.1. The van der Waals surface area contributed by atoms with Crippen LogP contribution in [0.5, 0.6) is 0 Å². The van der Waals surface area contributed by atoms with Crippen molar-refractivity contribution in [2.24, 2.45) is 51.7 Å². The summed E-state index contributed by atoms with van der Waals surface area (Å²) < 4.78 is 0. The molecule has 0 radical (unpaired) electrons. The van der Waals surface area contributed by atoms with Crippen LogP contribution < -0.4 is 0 Å². The van der Waals surface area contributed by atoms with Crippen LogP contribution in [0.3, 0.4) is 0 Å². The van der Waals surface area contributed by atoms with Crippen LogP contribution in [0.15, 0.2) is 10.3 Å². The number of oxime groups is 2. The fourth-order valence-electron chi connectivity index (χ4n) is 6.74. The summed E-state index contributed by atoms with van der Waals surface area (Å²) in [5, 5.41) is 37.2. The molecule has 7 heteroatoms. The molecular formula is C12H13N3O4. The van der Waals surface area contributed by atoms with Crippen LogP contribution >= 0.6 is 0 Å². The lowest BCUT2D eigenvalue weighted by Gasteiger charge is -2.47. The normalized spacial score (nSPS) is 63.1. The second kappa shape index (κ2) is 2.62. The molecule has 8 atom stereocenters. The van der Waals surface area contributed by atoms with Crippen LogP contribution in [0.1, 0.15) is 12.8 Å². The molecule has 5 aliphatic rings. The van der Waals surface area contributed by atoms with Crippen LogP contribution in [0.25, 0.3) is 0 Å². The van der Waals surface area contributed by atoms with Gasteiger partial charge in [0.15, 0.2) is 0 Å². The summed E-state index contributed by atoms with van der Waals surface area (Å²) in [6.07, 6.45) is 1.37. The number of nitro groups is 1. The topological polar surface area (TPSA) is 108 Å². The third-order valence-corrected chi connectivity index (χ3v) is 6.83. The molecule has 5 aliphatic carbocycles. The van der Waals surface area contributed by atoms with E-state index in [0.29, 0.717) is 12.1 Å². The van der Waals surface area contributed by atoms with Crippen molar-refractivity contribution >= 4 is 11.4 Å². The summed E-state index contributed by atoms with van der Waals surface area (Å²) in [5.74, 6) is 0.216. The standard InChI is InChI=1S/C12H13N3O4/c16-13-10-3-1-4-8-7(3)9-5(10)2-6(11(4)14-17)12(8,9)15(18)19/h3-9,16-17H,1-2H2/b13-10?,14-11+/t3-,4+,5+,6-,7+,8-,9-,12-/m1/s1. The van der Waals surface area contributed by atoms with Crippen molar-refractivity contribution in [3.05, 3.63) is 10.1 Å². The summed E-state index contributed by atoms with van der Waals surface area (Å²) in [5.41, 5.74) is 0.504. The lowest BCUT2D eigenvalue weighted by molar-refractivity contribution is -0.616. The van der Waals surface area contributed by atoms with Gasteiger partial charge in [0.05, 0.1) is 17.3 Å². The summed E-state index contributed by atoms with van der Waals surface area (Å²) in [6, 6.07) is 0. The summed E-state index contributed by atoms with van der Waals surface area (Å²) in [7, 11) is 0. The van der Waals surface area contributed by atoms with E-state index < -0.39 is 5.54 Å². The Morgan fingerprint density at radius 3 is 2.32 bits per heavy atom. The van der Waals surface area contributed by atoms with Gasteiger partial charge < -0.3 is 10.4 Å². The maximum Gasteiger partial charge on any atom is 0.237 e. The Balaban J connectivity index is 1.80. The first kappa shape index (κ1) is 10.2. The zero-order valence-corrected chi connectivity index (χ0v) is 10.0. The lowest BCUT2D eigenvalue weighted by atomic mass is 9.54. The summed E-state index contributed by atoms with van der Waals surface area (Å²) >= 11 is 0. The lowest BCUT2D eigenvalue weighted by Crippen LogP contribution is -2.64. The number of nitrogens with zero attached hydrogens (tertiary/aromatic N) is 3. The Labute approximate surface area is 108 Å². The van der Waals surface area contributed by atoms with Crippen molar-refractivity contribution in [1.82, 2.24) is 0 Å². The highest BCUT2D eigenvalue weighted by atomic mass is 16.6. The molecule has 0 aromatic heterocycles. The third-order valence-electron chi connectivity index (χ3n) is 6.83. The molecule has 0 heterocycles. The van der Waals surface area contributed by atoms with Crippen molar-refractivity contribution in [3.8, 4) is 0 Å². The third kappa shape index (κ3) is 0.679. The Morgan fingerprint density at radius 1 is 1.11 bits per heavy atom. The quantitative estimate of drug-likeness (QED) is 0.414. The number of hydrogen-bond donors (Lipinski definition) is 2.